The molecule has 0 amide bonds. The molecule has 3 nitrogen and oxygen atoms in total. The summed E-state index contributed by atoms with van der Waals surface area (Å²) in [5, 5.41) is 0. The van der Waals surface area contributed by atoms with Gasteiger partial charge in [0.1, 0.15) is 6.26 Å². The molecule has 13 heavy (non-hydrogen) atoms. The summed E-state index contributed by atoms with van der Waals surface area (Å²) in [5.74, 6) is 0. The minimum absolute atomic E-state index is 0.783. The summed E-state index contributed by atoms with van der Waals surface area (Å²) >= 11 is 0. The molecule has 0 N–H and O–H groups in total. The molecule has 0 bridgehead atoms. The van der Waals surface area contributed by atoms with Crippen LogP contribution in [0.1, 0.15) is 16.8 Å². The molecule has 3 heteroatoms. The first-order valence-corrected chi connectivity index (χ1v) is 4.12. The zero-order valence-corrected chi connectivity index (χ0v) is 7.40. The van der Waals surface area contributed by atoms with Gasteiger partial charge in [0.15, 0.2) is 6.39 Å². The first-order chi connectivity index (χ1) is 6.34. The Hall–Kier alpha value is -1.64. The molecule has 0 atom stereocenters. The van der Waals surface area contributed by atoms with Crippen LogP contribution >= 0.6 is 0 Å². The van der Waals surface area contributed by atoms with Gasteiger partial charge in [-0.1, -0.05) is 6.07 Å². The van der Waals surface area contributed by atoms with Gasteiger partial charge in [0.2, 0.25) is 0 Å². The van der Waals surface area contributed by atoms with Gasteiger partial charge >= 0.3 is 0 Å². The van der Waals surface area contributed by atoms with Crippen molar-refractivity contribution in [2.45, 2.75) is 13.3 Å². The van der Waals surface area contributed by atoms with Crippen molar-refractivity contribution in [1.82, 2.24) is 9.97 Å². The largest absolute Gasteiger partial charge is 0.451 e. The van der Waals surface area contributed by atoms with Crippen molar-refractivity contribution in [2.24, 2.45) is 0 Å². The normalized spacial score (nSPS) is 10.2. The van der Waals surface area contributed by atoms with E-state index in [2.05, 4.69) is 16.0 Å². The summed E-state index contributed by atoms with van der Waals surface area (Å²) in [7, 11) is 0. The lowest BCUT2D eigenvalue weighted by Gasteiger charge is -1.97. The van der Waals surface area contributed by atoms with Crippen molar-refractivity contribution in [1.29, 1.82) is 0 Å². The van der Waals surface area contributed by atoms with Crippen LogP contribution in [0.4, 0.5) is 0 Å². The number of pyridine rings is 1. The Bertz CT molecular complexity index is 382. The predicted molar refractivity (Wildman–Crippen MR) is 48.3 cm³/mol. The number of aryl methyl sites for hydroxylation is 1. The van der Waals surface area contributed by atoms with E-state index in [1.807, 2.05) is 19.3 Å². The molecular weight excluding hydrogens is 164 g/mol. The maximum atomic E-state index is 4.89. The summed E-state index contributed by atoms with van der Waals surface area (Å²) in [5.41, 5.74) is 3.27. The van der Waals surface area contributed by atoms with Gasteiger partial charge < -0.3 is 4.42 Å². The van der Waals surface area contributed by atoms with Crippen LogP contribution in [-0.4, -0.2) is 9.97 Å². The summed E-state index contributed by atoms with van der Waals surface area (Å²) in [6.45, 7) is 2.03. The van der Waals surface area contributed by atoms with E-state index < -0.39 is 0 Å². The smallest absolute Gasteiger partial charge is 0.180 e. The van der Waals surface area contributed by atoms with Crippen LogP contribution in [0.25, 0.3) is 0 Å². The summed E-state index contributed by atoms with van der Waals surface area (Å²) < 4.78 is 4.89. The number of rotatable bonds is 2. The Balaban J connectivity index is 2.19. The van der Waals surface area contributed by atoms with Gasteiger partial charge in [-0.3, -0.25) is 4.98 Å². The minimum atomic E-state index is 0.783. The van der Waals surface area contributed by atoms with Crippen molar-refractivity contribution in [3.63, 3.8) is 0 Å². The Morgan fingerprint density at radius 1 is 1.38 bits per heavy atom. The molecule has 66 valence electrons. The van der Waals surface area contributed by atoms with E-state index in [9.17, 15) is 0 Å². The van der Waals surface area contributed by atoms with Crippen LogP contribution in [0.15, 0.2) is 35.5 Å². The van der Waals surface area contributed by atoms with Gasteiger partial charge in [-0.25, -0.2) is 4.98 Å². The Kier molecular flexibility index (Phi) is 2.08. The topological polar surface area (TPSA) is 38.9 Å². The molecule has 2 aromatic heterocycles. The van der Waals surface area contributed by atoms with E-state index in [0.717, 1.165) is 17.7 Å². The molecule has 2 heterocycles. The van der Waals surface area contributed by atoms with E-state index >= 15 is 0 Å². The Labute approximate surface area is 76.5 Å². The fraction of sp³-hybridized carbons (Fsp3) is 0.200. The van der Waals surface area contributed by atoms with E-state index in [0.29, 0.717) is 0 Å². The highest BCUT2D eigenvalue weighted by molar-refractivity contribution is 5.20. The van der Waals surface area contributed by atoms with Gasteiger partial charge in [0, 0.05) is 18.8 Å². The van der Waals surface area contributed by atoms with Gasteiger partial charge in [-0.2, -0.15) is 0 Å². The van der Waals surface area contributed by atoms with Crippen molar-refractivity contribution in [3.8, 4) is 0 Å². The van der Waals surface area contributed by atoms with Gasteiger partial charge in [-0.15, -0.1) is 0 Å². The molecule has 0 saturated carbocycles. The second kappa shape index (κ2) is 3.39. The Morgan fingerprint density at radius 3 is 3.00 bits per heavy atom. The second-order valence-corrected chi connectivity index (χ2v) is 3.03. The molecule has 0 spiro atoms. The number of aromatic nitrogens is 2. The average Bonchev–Trinajstić information content (AvgIpc) is 2.57. The van der Waals surface area contributed by atoms with Crippen LogP contribution in [0.2, 0.25) is 0 Å². The lowest BCUT2D eigenvalue weighted by molar-refractivity contribution is 0.556. The van der Waals surface area contributed by atoms with E-state index in [1.165, 1.54) is 12.0 Å². The average molecular weight is 174 g/mol. The predicted octanol–water partition coefficient (Wildman–Crippen LogP) is 1.97. The van der Waals surface area contributed by atoms with E-state index in [-0.39, 0.29) is 0 Å². The summed E-state index contributed by atoms with van der Waals surface area (Å²) in [6.07, 6.45) is 7.57. The number of nitrogens with zero attached hydrogens (tertiary/aromatic N) is 2. The third kappa shape index (κ3) is 1.93. The molecule has 2 aromatic rings. The highest BCUT2D eigenvalue weighted by Gasteiger charge is 1.98. The standard InChI is InChI=1S/C10H10N2O/c1-8-2-9(5-11-4-8)3-10-6-13-7-12-10/h2,4-7H,3H2,1H3. The molecule has 0 unspecified atom stereocenters. The third-order valence-corrected chi connectivity index (χ3v) is 1.80. The molecule has 0 aliphatic carbocycles. The highest BCUT2D eigenvalue weighted by atomic mass is 16.3. The SMILES string of the molecule is Cc1cncc(Cc2cocn2)c1. The molecule has 0 radical (unpaired) electrons. The highest BCUT2D eigenvalue weighted by Crippen LogP contribution is 2.07. The van der Waals surface area contributed by atoms with Crippen LogP contribution in [0, 0.1) is 6.92 Å². The monoisotopic (exact) mass is 174 g/mol. The van der Waals surface area contributed by atoms with Crippen molar-refractivity contribution in [3.05, 3.63) is 47.9 Å². The summed E-state index contributed by atoms with van der Waals surface area (Å²) in [4.78, 5) is 8.15. The van der Waals surface area contributed by atoms with Gasteiger partial charge in [-0.05, 0) is 18.1 Å². The molecule has 0 aliphatic rings. The van der Waals surface area contributed by atoms with E-state index in [1.54, 1.807) is 6.26 Å². The first kappa shape index (κ1) is 7.98. The molecule has 0 aromatic carbocycles. The Morgan fingerprint density at radius 2 is 2.31 bits per heavy atom. The quantitative estimate of drug-likeness (QED) is 0.698. The molecule has 0 fully saturated rings. The second-order valence-electron chi connectivity index (χ2n) is 3.03. The van der Waals surface area contributed by atoms with Gasteiger partial charge in [0.05, 0.1) is 5.69 Å². The number of hydrogen-bond acceptors (Lipinski definition) is 3. The molecule has 0 saturated heterocycles. The fourth-order valence-electron chi connectivity index (χ4n) is 1.25. The zero-order valence-electron chi connectivity index (χ0n) is 7.40. The molecule has 0 aliphatic heterocycles. The maximum Gasteiger partial charge on any atom is 0.180 e. The third-order valence-electron chi connectivity index (χ3n) is 1.80. The van der Waals surface area contributed by atoms with E-state index in [4.69, 9.17) is 4.42 Å². The number of oxazole rings is 1. The molecule has 2 rings (SSSR count). The zero-order chi connectivity index (χ0) is 9.10. The van der Waals surface area contributed by atoms with Crippen LogP contribution in [-0.2, 0) is 6.42 Å². The first-order valence-electron chi connectivity index (χ1n) is 4.12. The maximum absolute atomic E-state index is 4.89. The van der Waals surface area contributed by atoms with Crippen LogP contribution in [0.5, 0.6) is 0 Å². The summed E-state index contributed by atoms with van der Waals surface area (Å²) in [6, 6.07) is 2.10. The van der Waals surface area contributed by atoms with Gasteiger partial charge in [0.25, 0.3) is 0 Å². The molecular formula is C10H10N2O. The number of hydrogen-bond donors (Lipinski definition) is 0. The lowest BCUT2D eigenvalue weighted by atomic mass is 10.1. The lowest BCUT2D eigenvalue weighted by Crippen LogP contribution is -1.89. The van der Waals surface area contributed by atoms with Crippen LogP contribution in [0.3, 0.4) is 0 Å². The van der Waals surface area contributed by atoms with Crippen molar-refractivity contribution in [2.75, 3.05) is 0 Å². The van der Waals surface area contributed by atoms with Crippen molar-refractivity contribution >= 4 is 0 Å². The van der Waals surface area contributed by atoms with Crippen molar-refractivity contribution < 1.29 is 4.42 Å². The fourth-order valence-corrected chi connectivity index (χ4v) is 1.25. The van der Waals surface area contributed by atoms with Crippen LogP contribution < -0.4 is 0 Å². The minimum Gasteiger partial charge on any atom is -0.451 e.